The van der Waals surface area contributed by atoms with Crippen molar-refractivity contribution in [3.63, 3.8) is 0 Å². The van der Waals surface area contributed by atoms with Crippen LogP contribution in [0.25, 0.3) is 0 Å². The van der Waals surface area contributed by atoms with Gasteiger partial charge in [0.2, 0.25) is 0 Å². The molecule has 0 radical (unpaired) electrons. The molecule has 0 amide bonds. The maximum atomic E-state index is 10.4. The van der Waals surface area contributed by atoms with Gasteiger partial charge in [-0.15, -0.1) is 12.4 Å². The Balaban J connectivity index is 0.00000169. The second-order valence-electron chi connectivity index (χ2n) is 2.65. The summed E-state index contributed by atoms with van der Waals surface area (Å²) >= 11 is 0. The van der Waals surface area contributed by atoms with E-state index < -0.39 is 12.1 Å². The van der Waals surface area contributed by atoms with Crippen molar-refractivity contribution in [3.05, 3.63) is 30.1 Å². The summed E-state index contributed by atoms with van der Waals surface area (Å²) in [6.07, 6.45) is 2.52. The number of rotatable bonds is 4. The average Bonchev–Trinajstić information content (AvgIpc) is 2.15. The van der Waals surface area contributed by atoms with E-state index >= 15 is 0 Å². The summed E-state index contributed by atoms with van der Waals surface area (Å²) in [6, 6.07) is 3.57. The third-order valence-corrected chi connectivity index (χ3v) is 1.60. The number of aliphatic carboxylic acids is 1. The monoisotopic (exact) mass is 217 g/mol. The number of aromatic nitrogens is 1. The summed E-state index contributed by atoms with van der Waals surface area (Å²) < 4.78 is 5.06. The predicted octanol–water partition coefficient (Wildman–Crippen LogP) is 1.49. The molecule has 0 fully saturated rings. The molecular formula is C9H12ClNO3. The average molecular weight is 218 g/mol. The quantitative estimate of drug-likeness (QED) is 0.830. The first-order valence-corrected chi connectivity index (χ1v) is 3.93. The van der Waals surface area contributed by atoms with Crippen LogP contribution in [0.15, 0.2) is 24.5 Å². The fourth-order valence-electron chi connectivity index (χ4n) is 0.772. The normalized spacial score (nSPS) is 11.5. The number of hydrogen-bond donors (Lipinski definition) is 1. The molecule has 1 rings (SSSR count). The first kappa shape index (κ1) is 12.9. The van der Waals surface area contributed by atoms with E-state index in [1.54, 1.807) is 24.5 Å². The Hall–Kier alpha value is -1.13. The van der Waals surface area contributed by atoms with Crippen LogP contribution in [0.1, 0.15) is 12.5 Å². The summed E-state index contributed by atoms with van der Waals surface area (Å²) in [7, 11) is 0. The van der Waals surface area contributed by atoms with E-state index in [2.05, 4.69) is 4.98 Å². The molecule has 0 spiro atoms. The molecule has 0 aromatic carbocycles. The molecule has 1 N–H and O–H groups in total. The van der Waals surface area contributed by atoms with Gasteiger partial charge < -0.3 is 9.84 Å². The number of ether oxygens (including phenoxy) is 1. The maximum Gasteiger partial charge on any atom is 0.332 e. The molecule has 1 atom stereocenters. The van der Waals surface area contributed by atoms with Crippen LogP contribution in [-0.2, 0) is 16.1 Å². The topological polar surface area (TPSA) is 59.4 Å². The van der Waals surface area contributed by atoms with E-state index in [-0.39, 0.29) is 12.4 Å². The highest BCUT2D eigenvalue weighted by Gasteiger charge is 2.10. The van der Waals surface area contributed by atoms with Gasteiger partial charge in [0.1, 0.15) is 0 Å². The number of nitrogens with zero attached hydrogens (tertiary/aromatic N) is 1. The zero-order valence-electron chi connectivity index (χ0n) is 7.71. The van der Waals surface area contributed by atoms with Gasteiger partial charge in [-0.3, -0.25) is 4.98 Å². The van der Waals surface area contributed by atoms with E-state index in [1.807, 2.05) is 0 Å². The molecule has 14 heavy (non-hydrogen) atoms. The van der Waals surface area contributed by atoms with Crippen LogP contribution in [0, 0.1) is 0 Å². The maximum absolute atomic E-state index is 10.4. The van der Waals surface area contributed by atoms with Crippen LogP contribution in [0.5, 0.6) is 0 Å². The van der Waals surface area contributed by atoms with Crippen LogP contribution < -0.4 is 0 Å². The molecule has 1 aromatic rings. The van der Waals surface area contributed by atoms with E-state index in [1.165, 1.54) is 6.92 Å². The lowest BCUT2D eigenvalue weighted by molar-refractivity contribution is -0.149. The summed E-state index contributed by atoms with van der Waals surface area (Å²) in [5.74, 6) is -0.950. The van der Waals surface area contributed by atoms with Crippen LogP contribution >= 0.6 is 12.4 Å². The third kappa shape index (κ3) is 4.20. The molecule has 4 nitrogen and oxygen atoms in total. The highest BCUT2D eigenvalue weighted by Crippen LogP contribution is 2.01. The van der Waals surface area contributed by atoms with Gasteiger partial charge in [-0.25, -0.2) is 4.79 Å². The summed E-state index contributed by atoms with van der Waals surface area (Å²) in [4.78, 5) is 14.2. The van der Waals surface area contributed by atoms with Crippen molar-refractivity contribution in [2.24, 2.45) is 0 Å². The zero-order chi connectivity index (χ0) is 9.68. The smallest absolute Gasteiger partial charge is 0.332 e. The summed E-state index contributed by atoms with van der Waals surface area (Å²) in [5.41, 5.74) is 0.920. The molecule has 1 unspecified atom stereocenters. The Morgan fingerprint density at radius 1 is 1.57 bits per heavy atom. The van der Waals surface area contributed by atoms with Crippen molar-refractivity contribution < 1.29 is 14.6 Å². The molecule has 0 aliphatic heterocycles. The van der Waals surface area contributed by atoms with Crippen molar-refractivity contribution in [3.8, 4) is 0 Å². The number of carboxylic acids is 1. The Labute approximate surface area is 88.3 Å². The van der Waals surface area contributed by atoms with Gasteiger partial charge in [0.05, 0.1) is 6.61 Å². The second kappa shape index (κ2) is 6.34. The van der Waals surface area contributed by atoms with Crippen molar-refractivity contribution in [1.29, 1.82) is 0 Å². The zero-order valence-corrected chi connectivity index (χ0v) is 8.53. The lowest BCUT2D eigenvalue weighted by Gasteiger charge is -2.07. The Bertz CT molecular complexity index is 279. The molecule has 0 aliphatic rings. The Morgan fingerprint density at radius 2 is 2.14 bits per heavy atom. The van der Waals surface area contributed by atoms with Crippen LogP contribution in [-0.4, -0.2) is 22.2 Å². The van der Waals surface area contributed by atoms with E-state index in [0.29, 0.717) is 6.61 Å². The Kier molecular flexibility index (Phi) is 5.83. The number of hydrogen-bond acceptors (Lipinski definition) is 3. The van der Waals surface area contributed by atoms with Crippen molar-refractivity contribution in [2.75, 3.05) is 0 Å². The molecule has 0 aliphatic carbocycles. The van der Waals surface area contributed by atoms with Crippen LogP contribution in [0.4, 0.5) is 0 Å². The summed E-state index contributed by atoms with van der Waals surface area (Å²) in [5, 5.41) is 8.52. The van der Waals surface area contributed by atoms with Crippen molar-refractivity contribution >= 4 is 18.4 Å². The first-order valence-electron chi connectivity index (χ1n) is 3.93. The standard InChI is InChI=1S/C9H11NO3.ClH/c1-7(9(11)12)13-6-8-2-4-10-5-3-8;/h2-5,7H,6H2,1H3,(H,11,12);1H. The lowest BCUT2D eigenvalue weighted by atomic mass is 10.3. The number of halogens is 1. The molecule has 1 heterocycles. The van der Waals surface area contributed by atoms with Gasteiger partial charge in [0.25, 0.3) is 0 Å². The van der Waals surface area contributed by atoms with Crippen LogP contribution in [0.3, 0.4) is 0 Å². The van der Waals surface area contributed by atoms with Gasteiger partial charge in [-0.05, 0) is 24.6 Å². The highest BCUT2D eigenvalue weighted by molar-refractivity contribution is 5.85. The van der Waals surface area contributed by atoms with E-state index in [0.717, 1.165) is 5.56 Å². The Morgan fingerprint density at radius 3 is 2.64 bits per heavy atom. The minimum atomic E-state index is -0.950. The van der Waals surface area contributed by atoms with Gasteiger partial charge >= 0.3 is 5.97 Å². The third-order valence-electron chi connectivity index (χ3n) is 1.60. The molecule has 0 bridgehead atoms. The largest absolute Gasteiger partial charge is 0.479 e. The molecule has 5 heteroatoms. The van der Waals surface area contributed by atoms with Crippen molar-refractivity contribution in [1.82, 2.24) is 4.98 Å². The SMILES string of the molecule is CC(OCc1ccncc1)C(=O)O.Cl. The number of carboxylic acid groups (broad SMARTS) is 1. The minimum absolute atomic E-state index is 0. The summed E-state index contributed by atoms with van der Waals surface area (Å²) in [6.45, 7) is 1.81. The van der Waals surface area contributed by atoms with E-state index in [9.17, 15) is 4.79 Å². The molecule has 1 aromatic heterocycles. The van der Waals surface area contributed by atoms with E-state index in [4.69, 9.17) is 9.84 Å². The van der Waals surface area contributed by atoms with Gasteiger partial charge in [0.15, 0.2) is 6.10 Å². The molecular weight excluding hydrogens is 206 g/mol. The fraction of sp³-hybridized carbons (Fsp3) is 0.333. The molecule has 0 saturated heterocycles. The first-order chi connectivity index (χ1) is 6.20. The van der Waals surface area contributed by atoms with Crippen molar-refractivity contribution in [2.45, 2.75) is 19.6 Å². The second-order valence-corrected chi connectivity index (χ2v) is 2.65. The van der Waals surface area contributed by atoms with Gasteiger partial charge in [0, 0.05) is 12.4 Å². The number of carbonyl (C=O) groups is 1. The minimum Gasteiger partial charge on any atom is -0.479 e. The highest BCUT2D eigenvalue weighted by atomic mass is 35.5. The lowest BCUT2D eigenvalue weighted by Crippen LogP contribution is -2.19. The van der Waals surface area contributed by atoms with Crippen LogP contribution in [0.2, 0.25) is 0 Å². The molecule has 0 saturated carbocycles. The fourth-order valence-corrected chi connectivity index (χ4v) is 0.772. The number of pyridine rings is 1. The predicted molar refractivity (Wildman–Crippen MR) is 53.4 cm³/mol. The van der Waals surface area contributed by atoms with Gasteiger partial charge in [-0.2, -0.15) is 0 Å². The molecule has 78 valence electrons. The van der Waals surface area contributed by atoms with Gasteiger partial charge in [-0.1, -0.05) is 0 Å².